The Morgan fingerprint density at radius 2 is 1.67 bits per heavy atom. The Balaban J connectivity index is 2.06. The van der Waals surface area contributed by atoms with E-state index in [1.165, 1.54) is 19.1 Å². The van der Waals surface area contributed by atoms with Gasteiger partial charge in [-0.25, -0.2) is 8.78 Å². The van der Waals surface area contributed by atoms with Gasteiger partial charge in [0.15, 0.2) is 29.7 Å². The summed E-state index contributed by atoms with van der Waals surface area (Å²) < 4.78 is 41.7. The normalized spacial score (nSPS) is 10.2. The number of nitrogens with zero attached hydrogens (tertiary/aromatic N) is 1. The Morgan fingerprint density at radius 1 is 1.00 bits per heavy atom. The van der Waals surface area contributed by atoms with Crippen LogP contribution in [-0.2, 0) is 4.79 Å². The van der Waals surface area contributed by atoms with Crippen molar-refractivity contribution in [3.05, 3.63) is 48.0 Å². The number of anilines is 1. The van der Waals surface area contributed by atoms with Gasteiger partial charge in [0, 0.05) is 24.9 Å². The van der Waals surface area contributed by atoms with Gasteiger partial charge in [-0.3, -0.25) is 4.79 Å². The molecule has 2 aromatic carbocycles. The first-order chi connectivity index (χ1) is 11.5. The lowest BCUT2D eigenvalue weighted by Gasteiger charge is -2.19. The van der Waals surface area contributed by atoms with Gasteiger partial charge in [-0.05, 0) is 24.3 Å². The predicted molar refractivity (Wildman–Crippen MR) is 84.8 cm³/mol. The summed E-state index contributed by atoms with van der Waals surface area (Å²) in [5, 5.41) is 0. The van der Waals surface area contributed by atoms with Crippen LogP contribution in [0.15, 0.2) is 36.4 Å². The van der Waals surface area contributed by atoms with Crippen LogP contribution in [0, 0.1) is 11.6 Å². The average molecular weight is 337 g/mol. The SMILES string of the molecule is COc1ccc(N(C)C(=O)COc2ccc(F)cc2F)cc1OC. The second kappa shape index (κ2) is 7.63. The molecule has 0 N–H and O–H groups in total. The van der Waals surface area contributed by atoms with E-state index in [-0.39, 0.29) is 5.75 Å². The first-order valence-corrected chi connectivity index (χ1v) is 7.02. The van der Waals surface area contributed by atoms with E-state index in [1.54, 1.807) is 25.2 Å². The lowest BCUT2D eigenvalue weighted by Crippen LogP contribution is -2.31. The van der Waals surface area contributed by atoms with Gasteiger partial charge < -0.3 is 19.1 Å². The molecule has 0 aliphatic rings. The maximum atomic E-state index is 13.5. The highest BCUT2D eigenvalue weighted by Gasteiger charge is 2.15. The highest BCUT2D eigenvalue weighted by atomic mass is 19.1. The van der Waals surface area contributed by atoms with Gasteiger partial charge in [0.2, 0.25) is 0 Å². The minimum Gasteiger partial charge on any atom is -0.493 e. The summed E-state index contributed by atoms with van der Waals surface area (Å²) in [4.78, 5) is 13.5. The fourth-order valence-electron chi connectivity index (χ4n) is 2.01. The largest absolute Gasteiger partial charge is 0.493 e. The molecule has 24 heavy (non-hydrogen) atoms. The standard InChI is InChI=1S/C17H17F2NO4/c1-20(12-5-7-15(22-2)16(9-12)23-3)17(21)10-24-14-6-4-11(18)8-13(14)19/h4-9H,10H2,1-3H3. The van der Waals surface area contributed by atoms with Crippen LogP contribution in [0.25, 0.3) is 0 Å². The number of likely N-dealkylation sites (N-methyl/N-ethyl adjacent to an activating group) is 1. The Hall–Kier alpha value is -2.83. The van der Waals surface area contributed by atoms with Crippen LogP contribution >= 0.6 is 0 Å². The molecule has 0 bridgehead atoms. The van der Waals surface area contributed by atoms with Gasteiger partial charge in [0.1, 0.15) is 5.82 Å². The van der Waals surface area contributed by atoms with E-state index in [1.807, 2.05) is 0 Å². The fourth-order valence-corrected chi connectivity index (χ4v) is 2.01. The number of carbonyl (C=O) groups is 1. The number of benzene rings is 2. The van der Waals surface area contributed by atoms with Crippen LogP contribution in [0.4, 0.5) is 14.5 Å². The van der Waals surface area contributed by atoms with E-state index in [0.29, 0.717) is 23.3 Å². The van der Waals surface area contributed by atoms with Crippen molar-refractivity contribution in [3.8, 4) is 17.2 Å². The molecule has 2 rings (SSSR count). The van der Waals surface area contributed by atoms with Crippen LogP contribution in [-0.4, -0.2) is 33.8 Å². The summed E-state index contributed by atoms with van der Waals surface area (Å²) in [6.07, 6.45) is 0. The molecule has 0 aliphatic heterocycles. The molecule has 2 aromatic rings. The second-order valence-corrected chi connectivity index (χ2v) is 4.86. The molecular formula is C17H17F2NO4. The molecule has 0 unspecified atom stereocenters. The van der Waals surface area contributed by atoms with Crippen LogP contribution in [0.1, 0.15) is 0 Å². The zero-order chi connectivity index (χ0) is 17.7. The molecular weight excluding hydrogens is 320 g/mol. The zero-order valence-electron chi connectivity index (χ0n) is 13.5. The molecule has 0 aliphatic carbocycles. The van der Waals surface area contributed by atoms with Crippen LogP contribution < -0.4 is 19.1 Å². The number of amides is 1. The quantitative estimate of drug-likeness (QED) is 0.813. The lowest BCUT2D eigenvalue weighted by atomic mass is 10.2. The van der Waals surface area contributed by atoms with Gasteiger partial charge in [-0.15, -0.1) is 0 Å². The highest BCUT2D eigenvalue weighted by molar-refractivity contribution is 5.94. The van der Waals surface area contributed by atoms with Gasteiger partial charge >= 0.3 is 0 Å². The molecule has 0 atom stereocenters. The van der Waals surface area contributed by atoms with E-state index in [9.17, 15) is 13.6 Å². The number of halogens is 2. The number of ether oxygens (including phenoxy) is 3. The number of rotatable bonds is 6. The first-order valence-electron chi connectivity index (χ1n) is 7.02. The van der Waals surface area contributed by atoms with Crippen molar-refractivity contribution in [3.63, 3.8) is 0 Å². The molecule has 0 fully saturated rings. The van der Waals surface area contributed by atoms with E-state index < -0.39 is 24.1 Å². The highest BCUT2D eigenvalue weighted by Crippen LogP contribution is 2.31. The molecule has 1 amide bonds. The van der Waals surface area contributed by atoms with Gasteiger partial charge in [0.05, 0.1) is 14.2 Å². The van der Waals surface area contributed by atoms with E-state index in [2.05, 4.69) is 0 Å². The van der Waals surface area contributed by atoms with Gasteiger partial charge in [-0.1, -0.05) is 0 Å². The third-order valence-corrected chi connectivity index (χ3v) is 3.37. The van der Waals surface area contributed by atoms with E-state index in [4.69, 9.17) is 14.2 Å². The van der Waals surface area contributed by atoms with Gasteiger partial charge in [0.25, 0.3) is 5.91 Å². The Morgan fingerprint density at radius 3 is 2.29 bits per heavy atom. The van der Waals surface area contributed by atoms with Crippen LogP contribution in [0.5, 0.6) is 17.2 Å². The number of hydrogen-bond acceptors (Lipinski definition) is 4. The molecule has 5 nitrogen and oxygen atoms in total. The predicted octanol–water partition coefficient (Wildman–Crippen LogP) is 3.02. The topological polar surface area (TPSA) is 48.0 Å². The summed E-state index contributed by atoms with van der Waals surface area (Å²) in [7, 11) is 4.55. The van der Waals surface area contributed by atoms with Crippen molar-refractivity contribution in [1.29, 1.82) is 0 Å². The Kier molecular flexibility index (Phi) is 5.57. The maximum absolute atomic E-state index is 13.5. The molecule has 128 valence electrons. The van der Waals surface area contributed by atoms with Crippen LogP contribution in [0.2, 0.25) is 0 Å². The molecule has 0 saturated carbocycles. The summed E-state index contributed by atoms with van der Waals surface area (Å²) in [6, 6.07) is 7.86. The summed E-state index contributed by atoms with van der Waals surface area (Å²) >= 11 is 0. The summed E-state index contributed by atoms with van der Waals surface area (Å²) in [6.45, 7) is -0.395. The number of hydrogen-bond donors (Lipinski definition) is 0. The van der Waals surface area contributed by atoms with E-state index >= 15 is 0 Å². The minimum atomic E-state index is -0.864. The Labute approximate surface area is 138 Å². The van der Waals surface area contributed by atoms with Crippen molar-refractivity contribution in [2.24, 2.45) is 0 Å². The van der Waals surface area contributed by atoms with Crippen molar-refractivity contribution in [2.45, 2.75) is 0 Å². The average Bonchev–Trinajstić information content (AvgIpc) is 2.59. The van der Waals surface area contributed by atoms with Crippen molar-refractivity contribution >= 4 is 11.6 Å². The van der Waals surface area contributed by atoms with Crippen molar-refractivity contribution < 1.29 is 27.8 Å². The van der Waals surface area contributed by atoms with Crippen LogP contribution in [0.3, 0.4) is 0 Å². The number of methoxy groups -OCH3 is 2. The zero-order valence-corrected chi connectivity index (χ0v) is 13.5. The first kappa shape index (κ1) is 17.5. The molecule has 0 aromatic heterocycles. The monoisotopic (exact) mass is 337 g/mol. The third kappa shape index (κ3) is 3.92. The lowest BCUT2D eigenvalue weighted by molar-refractivity contribution is -0.120. The fraction of sp³-hybridized carbons (Fsp3) is 0.235. The maximum Gasteiger partial charge on any atom is 0.264 e. The molecule has 0 radical (unpaired) electrons. The molecule has 0 saturated heterocycles. The summed E-state index contributed by atoms with van der Waals surface area (Å²) in [5.41, 5.74) is 0.556. The Bertz CT molecular complexity index is 737. The van der Waals surface area contributed by atoms with E-state index in [0.717, 1.165) is 12.1 Å². The molecule has 7 heteroatoms. The number of carbonyl (C=O) groups excluding carboxylic acids is 1. The minimum absolute atomic E-state index is 0.189. The van der Waals surface area contributed by atoms with Gasteiger partial charge in [-0.2, -0.15) is 0 Å². The third-order valence-electron chi connectivity index (χ3n) is 3.37. The second-order valence-electron chi connectivity index (χ2n) is 4.86. The summed E-state index contributed by atoms with van der Waals surface area (Å²) in [5.74, 6) is -1.17. The smallest absolute Gasteiger partial charge is 0.264 e. The van der Waals surface area contributed by atoms with Crippen molar-refractivity contribution in [1.82, 2.24) is 0 Å². The molecule has 0 spiro atoms. The van der Waals surface area contributed by atoms with Crippen molar-refractivity contribution in [2.75, 3.05) is 32.8 Å². The molecule has 0 heterocycles.